The van der Waals surface area contributed by atoms with E-state index in [-0.39, 0.29) is 17.4 Å². The van der Waals surface area contributed by atoms with Gasteiger partial charge in [0, 0.05) is 22.9 Å². The summed E-state index contributed by atoms with van der Waals surface area (Å²) in [6, 6.07) is 22.4. The number of nitro groups is 1. The number of aromatic nitrogens is 3. The predicted octanol–water partition coefficient (Wildman–Crippen LogP) is 4.92. The molecule has 5 rings (SSSR count). The zero-order chi connectivity index (χ0) is 21.9. The average molecular weight is 446 g/mol. The number of ether oxygens (including phenoxy) is 2. The minimum atomic E-state index is -0.358. The number of hydrogen-bond acceptors (Lipinski definition) is 7. The van der Waals surface area contributed by atoms with Crippen LogP contribution in [0, 0.1) is 10.1 Å². The van der Waals surface area contributed by atoms with Gasteiger partial charge in [0.15, 0.2) is 22.5 Å². The Hall–Kier alpha value is -3.85. The Bertz CT molecular complexity index is 1280. The van der Waals surface area contributed by atoms with Crippen LogP contribution in [0.5, 0.6) is 11.5 Å². The van der Waals surface area contributed by atoms with Gasteiger partial charge in [0.2, 0.25) is 6.79 Å². The quantitative estimate of drug-likeness (QED) is 0.226. The van der Waals surface area contributed by atoms with Crippen LogP contribution < -0.4 is 9.47 Å². The van der Waals surface area contributed by atoms with Crippen molar-refractivity contribution in [1.29, 1.82) is 0 Å². The maximum absolute atomic E-state index is 11.4. The molecule has 1 aliphatic rings. The van der Waals surface area contributed by atoms with Gasteiger partial charge < -0.3 is 9.47 Å². The molecule has 0 atom stereocenters. The third-order valence-corrected chi connectivity index (χ3v) is 6.09. The molecule has 1 aromatic heterocycles. The Labute approximate surface area is 188 Å². The van der Waals surface area contributed by atoms with Crippen LogP contribution in [-0.2, 0) is 12.3 Å². The molecule has 1 aliphatic heterocycles. The first-order valence-electron chi connectivity index (χ1n) is 9.91. The average Bonchev–Trinajstić information content (AvgIpc) is 3.45. The summed E-state index contributed by atoms with van der Waals surface area (Å²) in [5.41, 5.74) is 2.70. The molecule has 0 aliphatic carbocycles. The van der Waals surface area contributed by atoms with Gasteiger partial charge in [-0.2, -0.15) is 0 Å². The first kappa shape index (κ1) is 20.1. The molecule has 0 amide bonds. The summed E-state index contributed by atoms with van der Waals surface area (Å²) in [6.07, 6.45) is 0. The number of nitrogens with zero attached hydrogens (tertiary/aromatic N) is 4. The second-order valence-corrected chi connectivity index (χ2v) is 8.06. The van der Waals surface area contributed by atoms with E-state index in [1.807, 2.05) is 53.1 Å². The Balaban J connectivity index is 1.48. The lowest BCUT2D eigenvalue weighted by Gasteiger charge is -2.11. The first-order valence-corrected chi connectivity index (χ1v) is 10.9. The zero-order valence-electron chi connectivity index (χ0n) is 16.9. The SMILES string of the molecule is O=[N+]([O-])c1ccccc1CSc1nnc(-c2ccccc2)n1Cc1ccc2c(c1)OCO2. The lowest BCUT2D eigenvalue weighted by molar-refractivity contribution is -0.385. The second kappa shape index (κ2) is 8.72. The molecule has 0 spiro atoms. The number of benzene rings is 3. The predicted molar refractivity (Wildman–Crippen MR) is 120 cm³/mol. The van der Waals surface area contributed by atoms with Crippen LogP contribution >= 0.6 is 11.8 Å². The van der Waals surface area contributed by atoms with Gasteiger partial charge in [-0.3, -0.25) is 14.7 Å². The van der Waals surface area contributed by atoms with E-state index in [4.69, 9.17) is 9.47 Å². The molecule has 160 valence electrons. The Morgan fingerprint density at radius 3 is 2.59 bits per heavy atom. The maximum atomic E-state index is 11.4. The number of nitro benzene ring substituents is 1. The minimum Gasteiger partial charge on any atom is -0.454 e. The standard InChI is InChI=1S/C23H18N4O4S/c28-27(29)19-9-5-4-8-18(19)14-32-23-25-24-22(17-6-2-1-3-7-17)26(23)13-16-10-11-20-21(12-16)31-15-30-20/h1-12H,13-15H2. The van der Waals surface area contributed by atoms with E-state index >= 15 is 0 Å². The molecule has 0 saturated heterocycles. The van der Waals surface area contributed by atoms with E-state index in [1.165, 1.54) is 17.8 Å². The van der Waals surface area contributed by atoms with Crippen LogP contribution in [-0.4, -0.2) is 26.5 Å². The van der Waals surface area contributed by atoms with Crippen LogP contribution in [0.15, 0.2) is 78.0 Å². The molecule has 8 nitrogen and oxygen atoms in total. The van der Waals surface area contributed by atoms with Crippen molar-refractivity contribution in [3.05, 3.63) is 94.0 Å². The van der Waals surface area contributed by atoms with Gasteiger partial charge in [0.25, 0.3) is 5.69 Å². The van der Waals surface area contributed by atoms with Crippen LogP contribution in [0.2, 0.25) is 0 Å². The van der Waals surface area contributed by atoms with Crippen molar-refractivity contribution in [3.63, 3.8) is 0 Å². The van der Waals surface area contributed by atoms with E-state index in [9.17, 15) is 10.1 Å². The van der Waals surface area contributed by atoms with Gasteiger partial charge in [-0.25, -0.2) is 0 Å². The first-order chi connectivity index (χ1) is 15.7. The highest BCUT2D eigenvalue weighted by Gasteiger charge is 2.19. The van der Waals surface area contributed by atoms with Crippen molar-refractivity contribution >= 4 is 17.4 Å². The highest BCUT2D eigenvalue weighted by atomic mass is 32.2. The molecule has 4 aromatic rings. The van der Waals surface area contributed by atoms with Crippen LogP contribution in [0.25, 0.3) is 11.4 Å². The molecule has 0 saturated carbocycles. The minimum absolute atomic E-state index is 0.102. The summed E-state index contributed by atoms with van der Waals surface area (Å²) in [5, 5.41) is 20.9. The second-order valence-electron chi connectivity index (χ2n) is 7.12. The lowest BCUT2D eigenvalue weighted by atomic mass is 10.2. The fourth-order valence-electron chi connectivity index (χ4n) is 3.51. The van der Waals surface area contributed by atoms with Gasteiger partial charge in [-0.15, -0.1) is 10.2 Å². The monoisotopic (exact) mass is 446 g/mol. The van der Waals surface area contributed by atoms with E-state index < -0.39 is 0 Å². The summed E-state index contributed by atoms with van der Waals surface area (Å²) in [6.45, 7) is 0.741. The van der Waals surface area contributed by atoms with Crippen molar-refractivity contribution in [2.24, 2.45) is 0 Å². The molecule has 32 heavy (non-hydrogen) atoms. The third-order valence-electron chi connectivity index (χ3n) is 5.07. The van der Waals surface area contributed by atoms with Gasteiger partial charge >= 0.3 is 0 Å². The summed E-state index contributed by atoms with van der Waals surface area (Å²) in [4.78, 5) is 11.0. The highest BCUT2D eigenvalue weighted by Crippen LogP contribution is 2.34. The normalized spacial score (nSPS) is 12.1. The Morgan fingerprint density at radius 1 is 0.969 bits per heavy atom. The van der Waals surface area contributed by atoms with Crippen molar-refractivity contribution in [2.75, 3.05) is 6.79 Å². The molecule has 0 N–H and O–H groups in total. The van der Waals surface area contributed by atoms with Gasteiger partial charge in [-0.1, -0.05) is 66.4 Å². The number of rotatable bonds is 7. The summed E-state index contributed by atoms with van der Waals surface area (Å²) < 4.78 is 12.9. The number of para-hydroxylation sites is 1. The summed E-state index contributed by atoms with van der Waals surface area (Å²) in [7, 11) is 0. The smallest absolute Gasteiger partial charge is 0.273 e. The van der Waals surface area contributed by atoms with E-state index in [1.54, 1.807) is 18.2 Å². The molecular formula is C23H18N4O4S. The fraction of sp³-hybridized carbons (Fsp3) is 0.130. The van der Waals surface area contributed by atoms with E-state index in [2.05, 4.69) is 10.2 Å². The Kier molecular flexibility index (Phi) is 5.47. The molecule has 0 unspecified atom stereocenters. The van der Waals surface area contributed by atoms with Crippen LogP contribution in [0.4, 0.5) is 5.69 Å². The van der Waals surface area contributed by atoms with Crippen molar-refractivity contribution < 1.29 is 14.4 Å². The topological polar surface area (TPSA) is 92.3 Å². The third kappa shape index (κ3) is 4.02. The number of fused-ring (bicyclic) bond motifs is 1. The van der Waals surface area contributed by atoms with E-state index in [0.717, 1.165) is 22.7 Å². The molecule has 0 fully saturated rings. The summed E-state index contributed by atoms with van der Waals surface area (Å²) in [5.74, 6) is 2.58. The molecule has 2 heterocycles. The van der Waals surface area contributed by atoms with Gasteiger partial charge in [0.05, 0.1) is 11.5 Å². The molecule has 0 radical (unpaired) electrons. The number of thioether (sulfide) groups is 1. The van der Waals surface area contributed by atoms with Crippen LogP contribution in [0.3, 0.4) is 0 Å². The zero-order valence-corrected chi connectivity index (χ0v) is 17.7. The molecular weight excluding hydrogens is 428 g/mol. The molecule has 0 bridgehead atoms. The van der Waals surface area contributed by atoms with Crippen molar-refractivity contribution in [3.8, 4) is 22.9 Å². The number of hydrogen-bond donors (Lipinski definition) is 0. The molecule has 9 heteroatoms. The maximum Gasteiger partial charge on any atom is 0.273 e. The van der Waals surface area contributed by atoms with E-state index in [0.29, 0.717) is 28.8 Å². The van der Waals surface area contributed by atoms with Gasteiger partial charge in [-0.05, 0) is 17.7 Å². The summed E-state index contributed by atoms with van der Waals surface area (Å²) >= 11 is 1.42. The fourth-order valence-corrected chi connectivity index (χ4v) is 4.45. The van der Waals surface area contributed by atoms with Crippen molar-refractivity contribution in [1.82, 2.24) is 14.8 Å². The molecule has 3 aromatic carbocycles. The largest absolute Gasteiger partial charge is 0.454 e. The van der Waals surface area contributed by atoms with Crippen molar-refractivity contribution in [2.45, 2.75) is 17.5 Å². The highest BCUT2D eigenvalue weighted by molar-refractivity contribution is 7.98. The Morgan fingerprint density at radius 2 is 1.75 bits per heavy atom. The van der Waals surface area contributed by atoms with Gasteiger partial charge in [0.1, 0.15) is 0 Å². The lowest BCUT2D eigenvalue weighted by Crippen LogP contribution is -2.04. The van der Waals surface area contributed by atoms with Crippen LogP contribution in [0.1, 0.15) is 11.1 Å².